The molecular weight excluding hydrogens is 211 g/mol. The molecule has 0 unspecified atom stereocenters. The Labute approximate surface area is 93.2 Å². The van der Waals surface area contributed by atoms with Crippen molar-refractivity contribution >= 4 is 12.0 Å². The van der Waals surface area contributed by atoms with Crippen LogP contribution in [-0.2, 0) is 16.1 Å². The zero-order valence-corrected chi connectivity index (χ0v) is 8.94. The maximum absolute atomic E-state index is 13.4. The summed E-state index contributed by atoms with van der Waals surface area (Å²) in [6.07, 6.45) is 2.51. The van der Waals surface area contributed by atoms with Gasteiger partial charge in [-0.05, 0) is 24.6 Å². The maximum Gasteiger partial charge on any atom is 0.330 e. The molecule has 0 aliphatic rings. The summed E-state index contributed by atoms with van der Waals surface area (Å²) in [5.74, 6) is -0.986. The molecule has 0 radical (unpaired) electrons. The first-order valence-electron chi connectivity index (χ1n) is 4.91. The van der Waals surface area contributed by atoms with Gasteiger partial charge >= 0.3 is 5.97 Å². The first-order chi connectivity index (χ1) is 7.67. The highest BCUT2D eigenvalue weighted by Crippen LogP contribution is 2.12. The summed E-state index contributed by atoms with van der Waals surface area (Å²) in [5, 5.41) is 8.78. The molecule has 0 fully saturated rings. The van der Waals surface area contributed by atoms with Gasteiger partial charge in [0.2, 0.25) is 0 Å². The molecule has 0 saturated carbocycles. The van der Waals surface area contributed by atoms with Crippen LogP contribution in [0.2, 0.25) is 0 Å². The van der Waals surface area contributed by atoms with Crippen molar-refractivity contribution in [2.24, 2.45) is 0 Å². The van der Waals surface area contributed by atoms with Crippen LogP contribution < -0.4 is 0 Å². The number of hydrogen-bond donors (Lipinski definition) is 1. The van der Waals surface area contributed by atoms with E-state index in [4.69, 9.17) is 5.11 Å². The molecule has 0 bridgehead atoms. The Morgan fingerprint density at radius 3 is 2.88 bits per heavy atom. The summed E-state index contributed by atoms with van der Waals surface area (Å²) in [6.45, 7) is 1.77. The lowest BCUT2D eigenvalue weighted by Crippen LogP contribution is -1.98. The molecule has 1 aromatic carbocycles. The highest BCUT2D eigenvalue weighted by molar-refractivity contribution is 5.87. The third-order valence-corrected chi connectivity index (χ3v) is 1.93. The lowest BCUT2D eigenvalue weighted by molar-refractivity contribution is -0.137. The number of halogens is 1. The van der Waals surface area contributed by atoms with E-state index in [2.05, 4.69) is 4.74 Å². The van der Waals surface area contributed by atoms with Gasteiger partial charge in [-0.3, -0.25) is 0 Å². The second-order valence-corrected chi connectivity index (χ2v) is 3.10. The zero-order chi connectivity index (χ0) is 12.0. The van der Waals surface area contributed by atoms with Gasteiger partial charge in [-0.2, -0.15) is 0 Å². The molecule has 3 nitrogen and oxygen atoms in total. The fraction of sp³-hybridized carbons (Fsp3) is 0.250. The molecule has 0 spiro atoms. The third kappa shape index (κ3) is 3.47. The van der Waals surface area contributed by atoms with Gasteiger partial charge in [0, 0.05) is 11.6 Å². The lowest BCUT2D eigenvalue weighted by atomic mass is 10.1. The molecule has 1 N–H and O–H groups in total. The van der Waals surface area contributed by atoms with Gasteiger partial charge in [-0.25, -0.2) is 9.18 Å². The Morgan fingerprint density at radius 2 is 2.31 bits per heavy atom. The molecule has 0 aliphatic carbocycles. The van der Waals surface area contributed by atoms with Crippen LogP contribution in [0.1, 0.15) is 18.1 Å². The lowest BCUT2D eigenvalue weighted by Gasteiger charge is -2.00. The van der Waals surface area contributed by atoms with E-state index >= 15 is 0 Å². The van der Waals surface area contributed by atoms with E-state index in [1.807, 2.05) is 0 Å². The molecule has 0 aromatic heterocycles. The Hall–Kier alpha value is -1.68. The summed E-state index contributed by atoms with van der Waals surface area (Å²) >= 11 is 0. The van der Waals surface area contributed by atoms with Crippen molar-refractivity contribution in [3.63, 3.8) is 0 Å². The van der Waals surface area contributed by atoms with E-state index in [0.29, 0.717) is 5.56 Å². The van der Waals surface area contributed by atoms with Crippen LogP contribution in [-0.4, -0.2) is 17.7 Å². The highest BCUT2D eigenvalue weighted by atomic mass is 19.1. The smallest absolute Gasteiger partial charge is 0.330 e. The molecule has 0 atom stereocenters. The maximum atomic E-state index is 13.4. The van der Waals surface area contributed by atoms with Crippen LogP contribution in [0.3, 0.4) is 0 Å². The Kier molecular flexibility index (Phi) is 4.66. The van der Waals surface area contributed by atoms with Gasteiger partial charge in [-0.1, -0.05) is 12.1 Å². The third-order valence-electron chi connectivity index (χ3n) is 1.93. The van der Waals surface area contributed by atoms with Crippen LogP contribution in [0, 0.1) is 5.82 Å². The number of carbonyl (C=O) groups is 1. The average molecular weight is 224 g/mol. The molecule has 0 saturated heterocycles. The summed E-state index contributed by atoms with van der Waals surface area (Å²) < 4.78 is 18.0. The van der Waals surface area contributed by atoms with Crippen LogP contribution >= 0.6 is 0 Å². The molecule has 1 aromatic rings. The predicted octanol–water partition coefficient (Wildman–Crippen LogP) is 1.89. The number of hydrogen-bond acceptors (Lipinski definition) is 3. The average Bonchev–Trinajstić information content (AvgIpc) is 2.27. The first-order valence-corrected chi connectivity index (χ1v) is 4.91. The number of aliphatic hydroxyl groups is 1. The number of ether oxygens (including phenoxy) is 1. The summed E-state index contributed by atoms with van der Waals surface area (Å²) in [4.78, 5) is 11.0. The normalized spacial score (nSPS) is 10.7. The standard InChI is InChI=1S/C12H13FO3/c1-2-16-12(15)6-5-10-4-3-9(8-14)7-11(10)13/h3-7,14H,2,8H2,1H3. The van der Waals surface area contributed by atoms with Crippen LogP contribution in [0.4, 0.5) is 4.39 Å². The van der Waals surface area contributed by atoms with Crippen molar-refractivity contribution in [2.45, 2.75) is 13.5 Å². The molecule has 1 rings (SSSR count). The van der Waals surface area contributed by atoms with Crippen molar-refractivity contribution in [3.8, 4) is 0 Å². The minimum absolute atomic E-state index is 0.210. The minimum Gasteiger partial charge on any atom is -0.463 e. The molecule has 86 valence electrons. The van der Waals surface area contributed by atoms with Crippen molar-refractivity contribution < 1.29 is 19.0 Å². The van der Waals surface area contributed by atoms with Crippen molar-refractivity contribution in [1.82, 2.24) is 0 Å². The largest absolute Gasteiger partial charge is 0.463 e. The van der Waals surface area contributed by atoms with Crippen molar-refractivity contribution in [2.75, 3.05) is 6.61 Å². The van der Waals surface area contributed by atoms with Gasteiger partial charge < -0.3 is 9.84 Å². The Morgan fingerprint density at radius 1 is 1.56 bits per heavy atom. The van der Waals surface area contributed by atoms with Gasteiger partial charge in [0.05, 0.1) is 13.2 Å². The summed E-state index contributed by atoms with van der Waals surface area (Å²) in [5.41, 5.74) is 0.774. The first kappa shape index (κ1) is 12.4. The van der Waals surface area contributed by atoms with Crippen LogP contribution in [0.5, 0.6) is 0 Å². The Balaban J connectivity index is 2.78. The SMILES string of the molecule is CCOC(=O)C=Cc1ccc(CO)cc1F. The molecule has 0 amide bonds. The number of benzene rings is 1. The minimum atomic E-state index is -0.506. The van der Waals surface area contributed by atoms with Gasteiger partial charge in [-0.15, -0.1) is 0 Å². The molecule has 4 heteroatoms. The zero-order valence-electron chi connectivity index (χ0n) is 8.94. The number of carbonyl (C=O) groups excluding carboxylic acids is 1. The second-order valence-electron chi connectivity index (χ2n) is 3.10. The quantitative estimate of drug-likeness (QED) is 0.627. The van der Waals surface area contributed by atoms with E-state index in [1.54, 1.807) is 13.0 Å². The van der Waals surface area contributed by atoms with Gasteiger partial charge in [0.25, 0.3) is 0 Å². The van der Waals surface area contributed by atoms with Gasteiger partial charge in [0.15, 0.2) is 0 Å². The number of aliphatic hydroxyl groups excluding tert-OH is 1. The topological polar surface area (TPSA) is 46.5 Å². The summed E-state index contributed by atoms with van der Waals surface area (Å²) in [6, 6.07) is 4.31. The van der Waals surface area contributed by atoms with E-state index in [-0.39, 0.29) is 18.8 Å². The predicted molar refractivity (Wildman–Crippen MR) is 58.0 cm³/mol. The van der Waals surface area contributed by atoms with E-state index < -0.39 is 11.8 Å². The number of rotatable bonds is 4. The molecule has 16 heavy (non-hydrogen) atoms. The number of esters is 1. The monoisotopic (exact) mass is 224 g/mol. The van der Waals surface area contributed by atoms with Crippen LogP contribution in [0.15, 0.2) is 24.3 Å². The summed E-state index contributed by atoms with van der Waals surface area (Å²) in [7, 11) is 0. The fourth-order valence-corrected chi connectivity index (χ4v) is 1.15. The fourth-order valence-electron chi connectivity index (χ4n) is 1.15. The Bertz CT molecular complexity index is 399. The van der Waals surface area contributed by atoms with E-state index in [0.717, 1.165) is 0 Å². The molecule has 0 heterocycles. The highest BCUT2D eigenvalue weighted by Gasteiger charge is 2.01. The molecular formula is C12H13FO3. The van der Waals surface area contributed by atoms with Crippen LogP contribution in [0.25, 0.3) is 6.08 Å². The van der Waals surface area contributed by atoms with Crippen molar-refractivity contribution in [1.29, 1.82) is 0 Å². The van der Waals surface area contributed by atoms with Gasteiger partial charge in [0.1, 0.15) is 5.82 Å². The van der Waals surface area contributed by atoms with Crippen molar-refractivity contribution in [3.05, 3.63) is 41.2 Å². The van der Waals surface area contributed by atoms with E-state index in [9.17, 15) is 9.18 Å². The van der Waals surface area contributed by atoms with E-state index in [1.165, 1.54) is 24.3 Å². The second kappa shape index (κ2) is 6.02. The molecule has 0 aliphatic heterocycles.